The summed E-state index contributed by atoms with van der Waals surface area (Å²) in [5.41, 5.74) is 5.90. The maximum atomic E-state index is 6.31. The molecule has 0 radical (unpaired) electrons. The van der Waals surface area contributed by atoms with Gasteiger partial charge < -0.3 is 0 Å². The molecule has 0 saturated heterocycles. The van der Waals surface area contributed by atoms with Crippen LogP contribution in [0.15, 0.2) is 30.6 Å². The molecule has 4 heterocycles. The lowest BCUT2D eigenvalue weighted by Crippen LogP contribution is -2.02. The molecule has 1 fully saturated rings. The number of aryl methyl sites for hydroxylation is 3. The summed E-state index contributed by atoms with van der Waals surface area (Å²) in [5.74, 6) is 1.55. The molecular formula is C19H18ClN7. The smallest absolute Gasteiger partial charge is 0.180 e. The Hall–Kier alpha value is -2.80. The van der Waals surface area contributed by atoms with Gasteiger partial charge in [-0.3, -0.25) is 9.67 Å². The second kappa shape index (κ2) is 5.85. The minimum atomic E-state index is 0.381. The van der Waals surface area contributed by atoms with Crippen molar-refractivity contribution in [1.82, 2.24) is 34.6 Å². The molecule has 4 aromatic heterocycles. The summed E-state index contributed by atoms with van der Waals surface area (Å²) in [6.45, 7) is 3.92. The van der Waals surface area contributed by atoms with Crippen molar-refractivity contribution < 1.29 is 0 Å². The normalized spacial score (nSPS) is 19.0. The van der Waals surface area contributed by atoms with Crippen LogP contribution in [0.3, 0.4) is 0 Å². The van der Waals surface area contributed by atoms with Crippen LogP contribution in [0, 0.1) is 13.8 Å². The van der Waals surface area contributed by atoms with Crippen molar-refractivity contribution in [1.29, 1.82) is 0 Å². The van der Waals surface area contributed by atoms with Gasteiger partial charge in [-0.1, -0.05) is 11.6 Å². The first-order valence-electron chi connectivity index (χ1n) is 8.86. The van der Waals surface area contributed by atoms with Crippen LogP contribution in [0.1, 0.15) is 40.9 Å². The van der Waals surface area contributed by atoms with Gasteiger partial charge in [0.15, 0.2) is 11.5 Å². The highest BCUT2D eigenvalue weighted by atomic mass is 35.5. The first-order valence-corrected chi connectivity index (χ1v) is 9.24. The number of hydrogen-bond acceptors (Lipinski definition) is 5. The van der Waals surface area contributed by atoms with E-state index in [1.165, 1.54) is 0 Å². The lowest BCUT2D eigenvalue weighted by Gasteiger charge is -2.04. The molecule has 4 aromatic rings. The summed E-state index contributed by atoms with van der Waals surface area (Å²) >= 11 is 6.31. The fourth-order valence-electron chi connectivity index (χ4n) is 3.72. The van der Waals surface area contributed by atoms with E-state index in [4.69, 9.17) is 21.8 Å². The fourth-order valence-corrected chi connectivity index (χ4v) is 3.98. The summed E-state index contributed by atoms with van der Waals surface area (Å²) in [7, 11) is 1.95. The fraction of sp³-hybridized carbons (Fsp3) is 0.316. The van der Waals surface area contributed by atoms with Crippen LogP contribution in [0.25, 0.3) is 17.0 Å². The Kier molecular flexibility index (Phi) is 3.55. The Bertz CT molecular complexity index is 1180. The van der Waals surface area contributed by atoms with Crippen LogP contribution in [-0.4, -0.2) is 34.6 Å². The molecule has 0 spiro atoms. The Balaban J connectivity index is 1.51. The molecule has 0 amide bonds. The lowest BCUT2D eigenvalue weighted by atomic mass is 10.1. The predicted octanol–water partition coefficient (Wildman–Crippen LogP) is 3.46. The van der Waals surface area contributed by atoms with Gasteiger partial charge in [-0.15, -0.1) is 10.2 Å². The van der Waals surface area contributed by atoms with Crippen molar-refractivity contribution >= 4 is 17.2 Å². The van der Waals surface area contributed by atoms with E-state index in [0.717, 1.165) is 51.1 Å². The van der Waals surface area contributed by atoms with Gasteiger partial charge in [0.25, 0.3) is 0 Å². The standard InChI is InChI=1S/C19H18ClN7/c1-10-6-17(25-27-11(2)22-23-19(10)27)18-8-16(24-26(18)3)14-7-13(14)12-4-5-21-9-15(12)20/h4-6,8-9,13-14H,7H2,1-3H3. The molecule has 0 aliphatic heterocycles. The van der Waals surface area contributed by atoms with Crippen LogP contribution in [-0.2, 0) is 7.05 Å². The van der Waals surface area contributed by atoms with E-state index in [-0.39, 0.29) is 0 Å². The highest BCUT2D eigenvalue weighted by Gasteiger charge is 2.42. The molecule has 8 heteroatoms. The topological polar surface area (TPSA) is 73.8 Å². The molecule has 0 N–H and O–H groups in total. The molecule has 0 aromatic carbocycles. The summed E-state index contributed by atoms with van der Waals surface area (Å²) in [5, 5.41) is 18.5. The van der Waals surface area contributed by atoms with Gasteiger partial charge in [0.2, 0.25) is 0 Å². The van der Waals surface area contributed by atoms with Crippen LogP contribution >= 0.6 is 11.6 Å². The molecule has 1 aliphatic rings. The third-order valence-corrected chi connectivity index (χ3v) is 5.56. The first kappa shape index (κ1) is 16.4. The van der Waals surface area contributed by atoms with Crippen molar-refractivity contribution in [3.63, 3.8) is 0 Å². The third kappa shape index (κ3) is 2.61. The van der Waals surface area contributed by atoms with Crippen LogP contribution in [0.5, 0.6) is 0 Å². The molecule has 1 saturated carbocycles. The summed E-state index contributed by atoms with van der Waals surface area (Å²) in [4.78, 5) is 4.07. The molecule has 5 rings (SSSR count). The Morgan fingerprint density at radius 1 is 1.11 bits per heavy atom. The number of aromatic nitrogens is 7. The van der Waals surface area contributed by atoms with Crippen LogP contribution < -0.4 is 0 Å². The molecule has 2 unspecified atom stereocenters. The number of nitrogens with zero attached hydrogens (tertiary/aromatic N) is 7. The van der Waals surface area contributed by atoms with E-state index in [2.05, 4.69) is 21.2 Å². The lowest BCUT2D eigenvalue weighted by molar-refractivity contribution is 0.741. The number of rotatable bonds is 3. The number of hydrogen-bond donors (Lipinski definition) is 0. The van der Waals surface area contributed by atoms with E-state index < -0.39 is 0 Å². The monoisotopic (exact) mass is 379 g/mol. The summed E-state index contributed by atoms with van der Waals surface area (Å²) in [6, 6.07) is 6.17. The molecule has 2 atom stereocenters. The molecule has 27 heavy (non-hydrogen) atoms. The van der Waals surface area contributed by atoms with Gasteiger partial charge in [0.05, 0.1) is 16.4 Å². The zero-order valence-corrected chi connectivity index (χ0v) is 16.0. The van der Waals surface area contributed by atoms with Gasteiger partial charge in [0.1, 0.15) is 5.69 Å². The van der Waals surface area contributed by atoms with Crippen molar-refractivity contribution in [2.24, 2.45) is 7.05 Å². The van der Waals surface area contributed by atoms with Crippen LogP contribution in [0.4, 0.5) is 0 Å². The van der Waals surface area contributed by atoms with Crippen molar-refractivity contribution in [2.75, 3.05) is 0 Å². The Morgan fingerprint density at radius 2 is 1.96 bits per heavy atom. The predicted molar refractivity (Wildman–Crippen MR) is 102 cm³/mol. The minimum Gasteiger partial charge on any atom is -0.266 e. The largest absolute Gasteiger partial charge is 0.266 e. The highest BCUT2D eigenvalue weighted by molar-refractivity contribution is 6.31. The molecule has 1 aliphatic carbocycles. The van der Waals surface area contributed by atoms with Crippen molar-refractivity contribution in [3.8, 4) is 11.4 Å². The number of fused-ring (bicyclic) bond motifs is 1. The highest BCUT2D eigenvalue weighted by Crippen LogP contribution is 2.55. The van der Waals surface area contributed by atoms with Gasteiger partial charge in [-0.05, 0) is 55.5 Å². The molecule has 136 valence electrons. The average molecular weight is 380 g/mol. The van der Waals surface area contributed by atoms with E-state index in [0.29, 0.717) is 11.8 Å². The molecular weight excluding hydrogens is 362 g/mol. The summed E-state index contributed by atoms with van der Waals surface area (Å²) in [6.07, 6.45) is 4.56. The van der Waals surface area contributed by atoms with E-state index in [1.54, 1.807) is 16.9 Å². The zero-order chi connectivity index (χ0) is 18.7. The van der Waals surface area contributed by atoms with E-state index in [9.17, 15) is 0 Å². The SMILES string of the molecule is Cc1cc(-c2cc(C3CC3c3ccncc3Cl)nn2C)nn2c(C)nnc12. The maximum Gasteiger partial charge on any atom is 0.180 e. The van der Waals surface area contributed by atoms with Gasteiger partial charge >= 0.3 is 0 Å². The second-order valence-electron chi connectivity index (χ2n) is 7.12. The number of pyridine rings is 1. The van der Waals surface area contributed by atoms with Gasteiger partial charge in [-0.25, -0.2) is 0 Å². The Labute approximate surface area is 161 Å². The summed E-state index contributed by atoms with van der Waals surface area (Å²) < 4.78 is 3.68. The van der Waals surface area contributed by atoms with E-state index >= 15 is 0 Å². The zero-order valence-electron chi connectivity index (χ0n) is 15.3. The maximum absolute atomic E-state index is 6.31. The van der Waals surface area contributed by atoms with Gasteiger partial charge in [-0.2, -0.15) is 14.7 Å². The van der Waals surface area contributed by atoms with Crippen molar-refractivity contribution in [2.45, 2.75) is 32.1 Å². The third-order valence-electron chi connectivity index (χ3n) is 5.25. The first-order chi connectivity index (χ1) is 13.0. The Morgan fingerprint density at radius 3 is 2.78 bits per heavy atom. The second-order valence-corrected chi connectivity index (χ2v) is 7.53. The van der Waals surface area contributed by atoms with Gasteiger partial charge in [0, 0.05) is 25.4 Å². The van der Waals surface area contributed by atoms with E-state index in [1.807, 2.05) is 37.7 Å². The quantitative estimate of drug-likeness (QED) is 0.545. The average Bonchev–Trinajstić information content (AvgIpc) is 3.21. The molecule has 0 bridgehead atoms. The number of halogens is 1. The minimum absolute atomic E-state index is 0.381. The molecule has 7 nitrogen and oxygen atoms in total. The van der Waals surface area contributed by atoms with Crippen molar-refractivity contribution in [3.05, 3.63) is 58.3 Å². The van der Waals surface area contributed by atoms with Crippen LogP contribution in [0.2, 0.25) is 5.02 Å².